The molecule has 1 aromatic rings. The van der Waals surface area contributed by atoms with Crippen molar-refractivity contribution in [1.29, 1.82) is 0 Å². The number of rotatable bonds is 5. The van der Waals surface area contributed by atoms with Crippen molar-refractivity contribution in [3.63, 3.8) is 0 Å². The summed E-state index contributed by atoms with van der Waals surface area (Å²) in [6, 6.07) is 4.48. The fraction of sp³-hybridized carbons (Fsp3) is 0.684. The number of hydrogen-bond donors (Lipinski definition) is 0. The first-order chi connectivity index (χ1) is 11.6. The van der Waals surface area contributed by atoms with Crippen LogP contribution < -0.4 is 0 Å². The Morgan fingerprint density at radius 2 is 2.29 bits per heavy atom. The zero-order valence-corrected chi connectivity index (χ0v) is 14.9. The summed E-state index contributed by atoms with van der Waals surface area (Å²) in [6.07, 6.45) is 8.85. The summed E-state index contributed by atoms with van der Waals surface area (Å²) in [7, 11) is 4.10. The number of ether oxygens (including phenoxy) is 1. The molecule has 24 heavy (non-hydrogen) atoms. The molecule has 0 radical (unpaired) electrons. The van der Waals surface area contributed by atoms with Crippen LogP contribution in [0.15, 0.2) is 24.5 Å². The second-order valence-electron chi connectivity index (χ2n) is 7.23. The van der Waals surface area contributed by atoms with Gasteiger partial charge in [-0.2, -0.15) is 0 Å². The van der Waals surface area contributed by atoms with Crippen molar-refractivity contribution in [2.24, 2.45) is 5.92 Å². The lowest BCUT2D eigenvalue weighted by Gasteiger charge is -2.30. The predicted octanol–water partition coefficient (Wildman–Crippen LogP) is 2.49. The highest BCUT2D eigenvalue weighted by Crippen LogP contribution is 2.36. The zero-order valence-electron chi connectivity index (χ0n) is 14.9. The highest BCUT2D eigenvalue weighted by Gasteiger charge is 2.34. The summed E-state index contributed by atoms with van der Waals surface area (Å²) in [6.45, 7) is 2.67. The lowest BCUT2D eigenvalue weighted by molar-refractivity contribution is -0.134. The standard InChI is InChI=1S/C19H29N3O2/c1-21-10-8-16(19(21)15-6-5-9-20-13-15)14-22(2)18(23)12-17-7-3-4-11-24-17/h5-6,9,13,16-17,19H,3-4,7-8,10-12,14H2,1-2H3/t16-,17-,19-/m0/s1. The van der Waals surface area contributed by atoms with E-state index in [9.17, 15) is 4.79 Å². The Morgan fingerprint density at radius 1 is 1.42 bits per heavy atom. The maximum atomic E-state index is 12.5. The van der Waals surface area contributed by atoms with Crippen molar-refractivity contribution in [2.75, 3.05) is 33.8 Å². The predicted molar refractivity (Wildman–Crippen MR) is 93.6 cm³/mol. The number of nitrogens with zero attached hydrogens (tertiary/aromatic N) is 3. The molecule has 5 heteroatoms. The van der Waals surface area contributed by atoms with Crippen LogP contribution >= 0.6 is 0 Å². The Hall–Kier alpha value is -1.46. The normalized spacial score (nSPS) is 28.0. The maximum absolute atomic E-state index is 12.5. The van der Waals surface area contributed by atoms with Crippen LogP contribution in [0.25, 0.3) is 0 Å². The van der Waals surface area contributed by atoms with Gasteiger partial charge >= 0.3 is 0 Å². The first kappa shape index (κ1) is 17.4. The molecule has 0 aromatic carbocycles. The fourth-order valence-electron chi connectivity index (χ4n) is 4.07. The minimum Gasteiger partial charge on any atom is -0.378 e. The van der Waals surface area contributed by atoms with Gasteiger partial charge in [0.15, 0.2) is 0 Å². The number of carbonyl (C=O) groups excluding carboxylic acids is 1. The van der Waals surface area contributed by atoms with Crippen LogP contribution in [0, 0.1) is 5.92 Å². The molecule has 3 atom stereocenters. The average Bonchev–Trinajstić information content (AvgIpc) is 2.97. The molecule has 0 bridgehead atoms. The van der Waals surface area contributed by atoms with E-state index in [4.69, 9.17) is 4.74 Å². The largest absolute Gasteiger partial charge is 0.378 e. The molecule has 3 rings (SSSR count). The molecule has 2 aliphatic heterocycles. The third-order valence-electron chi connectivity index (χ3n) is 5.41. The molecular weight excluding hydrogens is 302 g/mol. The SMILES string of the molecule is CN(C[C@@H]1CCN(C)[C@H]1c1cccnc1)C(=O)C[C@@H]1CCCCO1. The van der Waals surface area contributed by atoms with Crippen LogP contribution in [0.2, 0.25) is 0 Å². The minimum atomic E-state index is 0.120. The van der Waals surface area contributed by atoms with Gasteiger partial charge in [-0.1, -0.05) is 6.07 Å². The quantitative estimate of drug-likeness (QED) is 0.832. The highest BCUT2D eigenvalue weighted by atomic mass is 16.5. The number of likely N-dealkylation sites (tertiary alicyclic amines) is 1. The van der Waals surface area contributed by atoms with Crippen LogP contribution in [-0.2, 0) is 9.53 Å². The first-order valence-corrected chi connectivity index (χ1v) is 9.11. The average molecular weight is 331 g/mol. The second-order valence-corrected chi connectivity index (χ2v) is 7.23. The molecule has 2 aliphatic rings. The molecule has 132 valence electrons. The van der Waals surface area contributed by atoms with E-state index >= 15 is 0 Å². The van der Waals surface area contributed by atoms with Gasteiger partial charge in [0.05, 0.1) is 12.5 Å². The Kier molecular flexibility index (Phi) is 5.85. The highest BCUT2D eigenvalue weighted by molar-refractivity contribution is 5.76. The van der Waals surface area contributed by atoms with Crippen molar-refractivity contribution in [1.82, 2.24) is 14.8 Å². The van der Waals surface area contributed by atoms with Gasteiger partial charge in [-0.05, 0) is 56.8 Å². The van der Waals surface area contributed by atoms with Crippen LogP contribution in [0.5, 0.6) is 0 Å². The Morgan fingerprint density at radius 3 is 3.00 bits per heavy atom. The van der Waals surface area contributed by atoms with E-state index in [1.807, 2.05) is 30.4 Å². The van der Waals surface area contributed by atoms with Gasteiger partial charge in [0.25, 0.3) is 0 Å². The molecule has 3 heterocycles. The topological polar surface area (TPSA) is 45.7 Å². The molecule has 0 N–H and O–H groups in total. The second kappa shape index (κ2) is 8.08. The number of amides is 1. The molecule has 0 saturated carbocycles. The van der Waals surface area contributed by atoms with Crippen LogP contribution in [0.4, 0.5) is 0 Å². The van der Waals surface area contributed by atoms with E-state index in [0.717, 1.165) is 39.0 Å². The lowest BCUT2D eigenvalue weighted by Crippen LogP contribution is -2.36. The van der Waals surface area contributed by atoms with Gasteiger partial charge in [-0.25, -0.2) is 0 Å². The summed E-state index contributed by atoms with van der Waals surface area (Å²) in [4.78, 5) is 21.1. The van der Waals surface area contributed by atoms with E-state index in [0.29, 0.717) is 18.4 Å². The molecule has 0 spiro atoms. The monoisotopic (exact) mass is 331 g/mol. The van der Waals surface area contributed by atoms with Crippen molar-refractivity contribution in [3.05, 3.63) is 30.1 Å². The smallest absolute Gasteiger partial charge is 0.224 e. The van der Waals surface area contributed by atoms with Gasteiger partial charge < -0.3 is 9.64 Å². The maximum Gasteiger partial charge on any atom is 0.224 e. The van der Waals surface area contributed by atoms with Crippen LogP contribution in [-0.4, -0.2) is 60.6 Å². The number of carbonyl (C=O) groups is 1. The molecule has 1 aromatic heterocycles. The van der Waals surface area contributed by atoms with E-state index in [-0.39, 0.29) is 12.0 Å². The van der Waals surface area contributed by atoms with E-state index < -0.39 is 0 Å². The molecule has 1 amide bonds. The van der Waals surface area contributed by atoms with Crippen molar-refractivity contribution >= 4 is 5.91 Å². The molecular formula is C19H29N3O2. The fourth-order valence-corrected chi connectivity index (χ4v) is 4.07. The Bertz CT molecular complexity index is 531. The van der Waals surface area contributed by atoms with Crippen molar-refractivity contribution < 1.29 is 9.53 Å². The third-order valence-corrected chi connectivity index (χ3v) is 5.41. The van der Waals surface area contributed by atoms with Gasteiger partial charge in [-0.15, -0.1) is 0 Å². The van der Waals surface area contributed by atoms with E-state index in [1.54, 1.807) is 0 Å². The lowest BCUT2D eigenvalue weighted by atomic mass is 9.94. The summed E-state index contributed by atoms with van der Waals surface area (Å²) in [5.41, 5.74) is 1.25. The van der Waals surface area contributed by atoms with Crippen molar-refractivity contribution in [2.45, 2.75) is 44.2 Å². The molecule has 2 saturated heterocycles. The summed E-state index contributed by atoms with van der Waals surface area (Å²) < 4.78 is 5.71. The molecule has 0 aliphatic carbocycles. The summed E-state index contributed by atoms with van der Waals surface area (Å²) >= 11 is 0. The van der Waals surface area contributed by atoms with Crippen molar-refractivity contribution in [3.8, 4) is 0 Å². The number of aromatic nitrogens is 1. The van der Waals surface area contributed by atoms with Gasteiger partial charge in [-0.3, -0.25) is 14.7 Å². The van der Waals surface area contributed by atoms with Gasteiger partial charge in [0.1, 0.15) is 0 Å². The third kappa shape index (κ3) is 4.14. The summed E-state index contributed by atoms with van der Waals surface area (Å²) in [5.74, 6) is 0.668. The van der Waals surface area contributed by atoms with E-state index in [1.165, 1.54) is 12.0 Å². The summed E-state index contributed by atoms with van der Waals surface area (Å²) in [5, 5.41) is 0. The molecule has 5 nitrogen and oxygen atoms in total. The Labute approximate surface area is 145 Å². The number of pyridine rings is 1. The minimum absolute atomic E-state index is 0.120. The molecule has 2 fully saturated rings. The number of hydrogen-bond acceptors (Lipinski definition) is 4. The molecule has 0 unspecified atom stereocenters. The van der Waals surface area contributed by atoms with Crippen LogP contribution in [0.3, 0.4) is 0 Å². The van der Waals surface area contributed by atoms with E-state index in [2.05, 4.69) is 23.0 Å². The van der Waals surface area contributed by atoms with Gasteiger partial charge in [0.2, 0.25) is 5.91 Å². The Balaban J connectivity index is 1.58. The first-order valence-electron chi connectivity index (χ1n) is 9.11. The zero-order chi connectivity index (χ0) is 16.9. The van der Waals surface area contributed by atoms with Crippen LogP contribution in [0.1, 0.15) is 43.7 Å². The van der Waals surface area contributed by atoms with Gasteiger partial charge in [0, 0.05) is 38.6 Å².